The number of fused-ring (bicyclic) bond motifs is 1. The summed E-state index contributed by atoms with van der Waals surface area (Å²) in [5.41, 5.74) is 2.51. The fourth-order valence-corrected chi connectivity index (χ4v) is 2.21. The highest BCUT2D eigenvalue weighted by atomic mass is 15.2. The molecule has 3 heterocycles. The molecule has 7 heteroatoms. The van der Waals surface area contributed by atoms with Crippen molar-refractivity contribution in [3.63, 3.8) is 0 Å². The van der Waals surface area contributed by atoms with Crippen molar-refractivity contribution in [3.8, 4) is 11.4 Å². The fourth-order valence-electron chi connectivity index (χ4n) is 2.21. The smallest absolute Gasteiger partial charge is 0.183 e. The minimum absolute atomic E-state index is 0.675. The van der Waals surface area contributed by atoms with E-state index >= 15 is 0 Å². The number of aromatic amines is 1. The molecule has 3 aromatic heterocycles. The summed E-state index contributed by atoms with van der Waals surface area (Å²) in [4.78, 5) is 24.8. The number of pyridine rings is 1. The zero-order chi connectivity index (χ0) is 15.5. The quantitative estimate of drug-likeness (QED) is 0.767. The Hall–Kier alpha value is -2.54. The monoisotopic (exact) mass is 297 g/mol. The Labute approximate surface area is 129 Å². The molecule has 0 atom stereocenters. The lowest BCUT2D eigenvalue weighted by molar-refractivity contribution is 0.416. The standard InChI is InChI=1S/C15H19N7/c1-21(2)8-9-22(3)15-12-14(17-10-18-15)20-13(19-12)11-4-6-16-7-5-11/h4-7,10H,8-9H2,1-3H3,(H,17,18,19,20). The first kappa shape index (κ1) is 14.4. The number of hydrogen-bond donors (Lipinski definition) is 1. The number of nitrogens with zero attached hydrogens (tertiary/aromatic N) is 6. The Balaban J connectivity index is 1.97. The predicted molar refractivity (Wildman–Crippen MR) is 86.7 cm³/mol. The van der Waals surface area contributed by atoms with Crippen molar-refractivity contribution < 1.29 is 0 Å². The van der Waals surface area contributed by atoms with Crippen molar-refractivity contribution in [3.05, 3.63) is 30.9 Å². The molecular weight excluding hydrogens is 278 g/mol. The van der Waals surface area contributed by atoms with Gasteiger partial charge in [0.15, 0.2) is 11.5 Å². The number of aromatic nitrogens is 5. The summed E-state index contributed by atoms with van der Waals surface area (Å²) < 4.78 is 0. The summed E-state index contributed by atoms with van der Waals surface area (Å²) in [6, 6.07) is 3.83. The summed E-state index contributed by atoms with van der Waals surface area (Å²) in [5.74, 6) is 1.64. The summed E-state index contributed by atoms with van der Waals surface area (Å²) in [5, 5.41) is 0. The molecule has 0 aliphatic carbocycles. The van der Waals surface area contributed by atoms with Crippen LogP contribution in [0.5, 0.6) is 0 Å². The number of anilines is 1. The van der Waals surface area contributed by atoms with Gasteiger partial charge in [0.2, 0.25) is 0 Å². The summed E-state index contributed by atoms with van der Waals surface area (Å²) in [6.07, 6.45) is 5.05. The molecule has 0 aromatic carbocycles. The molecule has 0 spiro atoms. The van der Waals surface area contributed by atoms with E-state index in [4.69, 9.17) is 0 Å². The summed E-state index contributed by atoms with van der Waals surface area (Å²) >= 11 is 0. The maximum atomic E-state index is 4.55. The van der Waals surface area contributed by atoms with Crippen molar-refractivity contribution in [1.82, 2.24) is 29.8 Å². The van der Waals surface area contributed by atoms with Crippen LogP contribution in [0.2, 0.25) is 0 Å². The molecule has 0 bridgehead atoms. The lowest BCUT2D eigenvalue weighted by atomic mass is 10.2. The Morgan fingerprint density at radius 2 is 1.82 bits per heavy atom. The van der Waals surface area contributed by atoms with Crippen LogP contribution in [0, 0.1) is 0 Å². The van der Waals surface area contributed by atoms with Crippen molar-refractivity contribution in [2.75, 3.05) is 39.1 Å². The van der Waals surface area contributed by atoms with E-state index in [2.05, 4.69) is 48.8 Å². The van der Waals surface area contributed by atoms with E-state index in [9.17, 15) is 0 Å². The van der Waals surface area contributed by atoms with Gasteiger partial charge < -0.3 is 14.8 Å². The van der Waals surface area contributed by atoms with E-state index < -0.39 is 0 Å². The van der Waals surface area contributed by atoms with Gasteiger partial charge in [-0.05, 0) is 26.2 Å². The first-order valence-electron chi connectivity index (χ1n) is 7.12. The Morgan fingerprint density at radius 3 is 2.55 bits per heavy atom. The highest BCUT2D eigenvalue weighted by Gasteiger charge is 2.13. The van der Waals surface area contributed by atoms with E-state index in [0.717, 1.165) is 35.8 Å². The summed E-state index contributed by atoms with van der Waals surface area (Å²) in [7, 11) is 6.14. The Kier molecular flexibility index (Phi) is 3.97. The third kappa shape index (κ3) is 2.89. The molecule has 3 rings (SSSR count). The molecule has 7 nitrogen and oxygen atoms in total. The lowest BCUT2D eigenvalue weighted by Gasteiger charge is -2.20. The minimum atomic E-state index is 0.675. The maximum Gasteiger partial charge on any atom is 0.183 e. The van der Waals surface area contributed by atoms with Gasteiger partial charge in [0.25, 0.3) is 0 Å². The molecular formula is C15H19N7. The number of nitrogens with one attached hydrogen (secondary N) is 1. The Morgan fingerprint density at radius 1 is 1.05 bits per heavy atom. The number of likely N-dealkylation sites (N-methyl/N-ethyl adjacent to an activating group) is 2. The first-order chi connectivity index (χ1) is 10.6. The normalized spacial score (nSPS) is 11.3. The maximum absolute atomic E-state index is 4.55. The van der Waals surface area contributed by atoms with E-state index in [1.54, 1.807) is 18.7 Å². The molecule has 3 aromatic rings. The summed E-state index contributed by atoms with van der Waals surface area (Å²) in [6.45, 7) is 1.83. The van der Waals surface area contributed by atoms with Crippen LogP contribution >= 0.6 is 0 Å². The van der Waals surface area contributed by atoms with E-state index in [-0.39, 0.29) is 0 Å². The molecule has 0 fully saturated rings. The van der Waals surface area contributed by atoms with Gasteiger partial charge >= 0.3 is 0 Å². The highest BCUT2D eigenvalue weighted by Crippen LogP contribution is 2.24. The lowest BCUT2D eigenvalue weighted by Crippen LogP contribution is -2.29. The fraction of sp³-hybridized carbons (Fsp3) is 0.333. The molecule has 1 N–H and O–H groups in total. The molecule has 0 amide bonds. The van der Waals surface area contributed by atoms with Gasteiger partial charge in [0.1, 0.15) is 17.7 Å². The number of H-pyrrole nitrogens is 1. The number of rotatable bonds is 5. The molecule has 0 saturated carbocycles. The zero-order valence-electron chi connectivity index (χ0n) is 13.0. The largest absolute Gasteiger partial charge is 0.357 e. The Bertz CT molecular complexity index is 751. The van der Waals surface area contributed by atoms with E-state index in [1.807, 2.05) is 19.2 Å². The molecule has 22 heavy (non-hydrogen) atoms. The van der Waals surface area contributed by atoms with Crippen LogP contribution in [0.15, 0.2) is 30.9 Å². The van der Waals surface area contributed by atoms with Crippen molar-refractivity contribution in [2.24, 2.45) is 0 Å². The van der Waals surface area contributed by atoms with Gasteiger partial charge in [-0.1, -0.05) is 0 Å². The zero-order valence-corrected chi connectivity index (χ0v) is 13.0. The van der Waals surface area contributed by atoms with Crippen LogP contribution in [-0.2, 0) is 0 Å². The van der Waals surface area contributed by atoms with Crippen molar-refractivity contribution in [2.45, 2.75) is 0 Å². The van der Waals surface area contributed by atoms with Crippen LogP contribution in [0.3, 0.4) is 0 Å². The van der Waals surface area contributed by atoms with Gasteiger partial charge in [0.05, 0.1) is 0 Å². The predicted octanol–water partition coefficient (Wildman–Crippen LogP) is 1.41. The van der Waals surface area contributed by atoms with Crippen molar-refractivity contribution >= 4 is 17.0 Å². The van der Waals surface area contributed by atoms with Crippen LogP contribution in [-0.4, -0.2) is 64.1 Å². The van der Waals surface area contributed by atoms with Crippen LogP contribution < -0.4 is 4.90 Å². The van der Waals surface area contributed by atoms with E-state index in [1.165, 1.54) is 0 Å². The van der Waals surface area contributed by atoms with Crippen LogP contribution in [0.25, 0.3) is 22.6 Å². The topological polar surface area (TPSA) is 73.8 Å². The van der Waals surface area contributed by atoms with E-state index in [0.29, 0.717) is 5.65 Å². The number of imidazole rings is 1. The van der Waals surface area contributed by atoms with Gasteiger partial charge in [-0.3, -0.25) is 4.98 Å². The molecule has 0 aliphatic rings. The van der Waals surface area contributed by atoms with Crippen LogP contribution in [0.1, 0.15) is 0 Å². The van der Waals surface area contributed by atoms with Crippen LogP contribution in [0.4, 0.5) is 5.82 Å². The molecule has 0 radical (unpaired) electrons. The van der Waals surface area contributed by atoms with Gasteiger partial charge in [-0.2, -0.15) is 0 Å². The van der Waals surface area contributed by atoms with Gasteiger partial charge in [0, 0.05) is 38.1 Å². The van der Waals surface area contributed by atoms with Gasteiger partial charge in [-0.25, -0.2) is 15.0 Å². The number of hydrogen-bond acceptors (Lipinski definition) is 6. The van der Waals surface area contributed by atoms with Gasteiger partial charge in [-0.15, -0.1) is 0 Å². The second kappa shape index (κ2) is 6.07. The third-order valence-corrected chi connectivity index (χ3v) is 3.47. The molecule has 0 unspecified atom stereocenters. The minimum Gasteiger partial charge on any atom is -0.357 e. The second-order valence-corrected chi connectivity index (χ2v) is 5.44. The second-order valence-electron chi connectivity index (χ2n) is 5.44. The first-order valence-corrected chi connectivity index (χ1v) is 7.12. The molecule has 0 aliphatic heterocycles. The third-order valence-electron chi connectivity index (χ3n) is 3.47. The average molecular weight is 297 g/mol. The molecule has 0 saturated heterocycles. The average Bonchev–Trinajstić information content (AvgIpc) is 2.97. The van der Waals surface area contributed by atoms with Crippen molar-refractivity contribution in [1.29, 1.82) is 0 Å². The SMILES string of the molecule is CN(C)CCN(C)c1ncnc2nc(-c3ccncc3)[nH]c12. The highest BCUT2D eigenvalue weighted by molar-refractivity contribution is 5.85. The molecule has 114 valence electrons.